The largest absolute Gasteiger partial charge is 0.409 e. The van der Waals surface area contributed by atoms with Gasteiger partial charge < -0.3 is 15.8 Å². The first-order valence-corrected chi connectivity index (χ1v) is 6.59. The molecule has 0 saturated carbocycles. The van der Waals surface area contributed by atoms with Gasteiger partial charge in [-0.2, -0.15) is 5.10 Å². The Morgan fingerprint density at radius 1 is 1.21 bits per heavy atom. The van der Waals surface area contributed by atoms with Gasteiger partial charge in [-0.3, -0.25) is 0 Å². The van der Waals surface area contributed by atoms with Gasteiger partial charge in [-0.1, -0.05) is 19.0 Å². The quantitative estimate of drug-likeness (QED) is 0.330. The van der Waals surface area contributed by atoms with Gasteiger partial charge in [0, 0.05) is 19.5 Å². The van der Waals surface area contributed by atoms with Gasteiger partial charge in [-0.05, 0) is 19.8 Å². The van der Waals surface area contributed by atoms with Crippen LogP contribution in [-0.4, -0.2) is 39.3 Å². The van der Waals surface area contributed by atoms with Crippen LogP contribution in [0.5, 0.6) is 0 Å². The van der Waals surface area contributed by atoms with E-state index in [-0.39, 0.29) is 5.84 Å². The Kier molecular flexibility index (Phi) is 5.98. The number of rotatable bonds is 7. The molecule has 0 aliphatic carbocycles. The van der Waals surface area contributed by atoms with Crippen LogP contribution in [0, 0.1) is 0 Å². The van der Waals surface area contributed by atoms with Crippen LogP contribution in [0.3, 0.4) is 0 Å². The van der Waals surface area contributed by atoms with Gasteiger partial charge in [0.25, 0.3) is 0 Å². The molecule has 0 unspecified atom stereocenters. The molecule has 0 spiro atoms. The van der Waals surface area contributed by atoms with Gasteiger partial charge in [0.1, 0.15) is 5.84 Å². The molecular weight excluding hydrogens is 244 g/mol. The number of oxime groups is 1. The number of anilines is 1. The van der Waals surface area contributed by atoms with Crippen LogP contribution in [0.1, 0.15) is 38.6 Å². The van der Waals surface area contributed by atoms with Crippen molar-refractivity contribution < 1.29 is 5.21 Å². The predicted octanol–water partition coefficient (Wildman–Crippen LogP) is 0.959. The fourth-order valence-corrected chi connectivity index (χ4v) is 1.76. The second-order valence-electron chi connectivity index (χ2n) is 4.13. The van der Waals surface area contributed by atoms with E-state index in [1.165, 1.54) is 0 Å². The Labute approximate surface area is 113 Å². The summed E-state index contributed by atoms with van der Waals surface area (Å²) in [5.41, 5.74) is 7.40. The van der Waals surface area contributed by atoms with Crippen molar-refractivity contribution in [1.82, 2.24) is 15.2 Å². The SMILES string of the molecule is CCc1nnc(N(CC)CCC(N)=NO)nc1CC. The van der Waals surface area contributed by atoms with Crippen molar-refractivity contribution in [3.8, 4) is 0 Å². The molecule has 19 heavy (non-hydrogen) atoms. The highest BCUT2D eigenvalue weighted by Crippen LogP contribution is 2.11. The molecule has 1 aromatic heterocycles. The summed E-state index contributed by atoms with van der Waals surface area (Å²) in [5.74, 6) is 0.801. The fourth-order valence-electron chi connectivity index (χ4n) is 1.76. The molecular formula is C12H22N6O. The van der Waals surface area contributed by atoms with Crippen LogP contribution < -0.4 is 10.6 Å². The molecule has 0 aliphatic rings. The first kappa shape index (κ1) is 15.1. The third-order valence-electron chi connectivity index (χ3n) is 2.93. The minimum atomic E-state index is 0.201. The second kappa shape index (κ2) is 7.50. The summed E-state index contributed by atoms with van der Waals surface area (Å²) in [4.78, 5) is 6.51. The maximum atomic E-state index is 8.54. The summed E-state index contributed by atoms with van der Waals surface area (Å²) in [6, 6.07) is 0. The normalized spacial score (nSPS) is 11.6. The molecule has 3 N–H and O–H groups in total. The van der Waals surface area contributed by atoms with Crippen molar-refractivity contribution in [2.24, 2.45) is 10.9 Å². The molecule has 1 aromatic rings. The van der Waals surface area contributed by atoms with Crippen molar-refractivity contribution in [1.29, 1.82) is 0 Å². The average molecular weight is 266 g/mol. The third-order valence-corrected chi connectivity index (χ3v) is 2.93. The average Bonchev–Trinajstić information content (AvgIpc) is 2.47. The van der Waals surface area contributed by atoms with E-state index >= 15 is 0 Å². The van der Waals surface area contributed by atoms with Gasteiger partial charge in [0.05, 0.1) is 11.4 Å². The van der Waals surface area contributed by atoms with Gasteiger partial charge in [0.2, 0.25) is 5.95 Å². The minimum Gasteiger partial charge on any atom is -0.409 e. The van der Waals surface area contributed by atoms with E-state index in [0.717, 1.165) is 30.8 Å². The number of nitrogens with zero attached hydrogens (tertiary/aromatic N) is 5. The van der Waals surface area contributed by atoms with Crippen LogP contribution in [-0.2, 0) is 12.8 Å². The molecule has 0 aromatic carbocycles. The first-order valence-electron chi connectivity index (χ1n) is 6.59. The molecule has 7 heteroatoms. The number of hydrogen-bond donors (Lipinski definition) is 2. The molecule has 0 amide bonds. The Morgan fingerprint density at radius 3 is 2.42 bits per heavy atom. The topological polar surface area (TPSA) is 101 Å². The van der Waals surface area contributed by atoms with Gasteiger partial charge in [-0.15, -0.1) is 5.10 Å². The van der Waals surface area contributed by atoms with Crippen LogP contribution >= 0.6 is 0 Å². The maximum Gasteiger partial charge on any atom is 0.245 e. The van der Waals surface area contributed by atoms with Crippen molar-refractivity contribution in [2.45, 2.75) is 40.0 Å². The number of aryl methyl sites for hydroxylation is 2. The van der Waals surface area contributed by atoms with Gasteiger partial charge in [-0.25, -0.2) is 4.98 Å². The summed E-state index contributed by atoms with van der Waals surface area (Å²) in [6.07, 6.45) is 2.13. The summed E-state index contributed by atoms with van der Waals surface area (Å²) in [6.45, 7) is 7.45. The predicted molar refractivity (Wildman–Crippen MR) is 74.5 cm³/mol. The van der Waals surface area contributed by atoms with E-state index in [0.29, 0.717) is 18.9 Å². The highest BCUT2D eigenvalue weighted by molar-refractivity contribution is 5.80. The van der Waals surface area contributed by atoms with Crippen molar-refractivity contribution in [3.05, 3.63) is 11.4 Å². The van der Waals surface area contributed by atoms with Crippen LogP contribution in [0.4, 0.5) is 5.95 Å². The Balaban J connectivity index is 2.86. The fraction of sp³-hybridized carbons (Fsp3) is 0.667. The van der Waals surface area contributed by atoms with Crippen LogP contribution in [0.25, 0.3) is 0 Å². The molecule has 7 nitrogen and oxygen atoms in total. The number of amidine groups is 1. The standard InChI is InChI=1S/C12H22N6O/c1-4-9-10(5-2)15-16-12(14-9)18(6-3)8-7-11(13)17-19/h19H,4-8H2,1-3H3,(H2,13,17). The zero-order chi connectivity index (χ0) is 14.3. The number of hydrogen-bond acceptors (Lipinski definition) is 6. The summed E-state index contributed by atoms with van der Waals surface area (Å²) >= 11 is 0. The Bertz CT molecular complexity index is 434. The molecule has 1 heterocycles. The molecule has 0 bridgehead atoms. The molecule has 0 fully saturated rings. The summed E-state index contributed by atoms with van der Waals surface area (Å²) < 4.78 is 0. The third kappa shape index (κ3) is 4.04. The van der Waals surface area contributed by atoms with Crippen LogP contribution in [0.2, 0.25) is 0 Å². The minimum absolute atomic E-state index is 0.201. The number of nitrogens with two attached hydrogens (primary N) is 1. The smallest absolute Gasteiger partial charge is 0.245 e. The summed E-state index contributed by atoms with van der Waals surface area (Å²) in [5, 5.41) is 19.9. The van der Waals surface area contributed by atoms with Crippen molar-refractivity contribution in [2.75, 3.05) is 18.0 Å². The van der Waals surface area contributed by atoms with E-state index in [1.807, 2.05) is 18.7 Å². The van der Waals surface area contributed by atoms with E-state index in [9.17, 15) is 0 Å². The lowest BCUT2D eigenvalue weighted by molar-refractivity contribution is 0.317. The highest BCUT2D eigenvalue weighted by atomic mass is 16.4. The lowest BCUT2D eigenvalue weighted by Crippen LogP contribution is -2.30. The molecule has 106 valence electrons. The van der Waals surface area contributed by atoms with Gasteiger partial charge >= 0.3 is 0 Å². The molecule has 0 saturated heterocycles. The van der Waals surface area contributed by atoms with E-state index < -0.39 is 0 Å². The van der Waals surface area contributed by atoms with Crippen molar-refractivity contribution >= 4 is 11.8 Å². The van der Waals surface area contributed by atoms with Crippen LogP contribution in [0.15, 0.2) is 5.16 Å². The first-order chi connectivity index (χ1) is 9.15. The molecule has 0 atom stereocenters. The molecule has 0 aliphatic heterocycles. The van der Waals surface area contributed by atoms with Gasteiger partial charge in [0.15, 0.2) is 0 Å². The van der Waals surface area contributed by atoms with E-state index in [4.69, 9.17) is 10.9 Å². The lowest BCUT2D eigenvalue weighted by atomic mass is 10.2. The Morgan fingerprint density at radius 2 is 1.89 bits per heavy atom. The van der Waals surface area contributed by atoms with Crippen molar-refractivity contribution in [3.63, 3.8) is 0 Å². The maximum absolute atomic E-state index is 8.54. The lowest BCUT2D eigenvalue weighted by Gasteiger charge is -2.20. The molecule has 0 radical (unpaired) electrons. The zero-order valence-corrected chi connectivity index (χ0v) is 11.8. The molecule has 1 rings (SSSR count). The second-order valence-corrected chi connectivity index (χ2v) is 4.13. The monoisotopic (exact) mass is 266 g/mol. The number of aromatic nitrogens is 3. The van der Waals surface area contributed by atoms with E-state index in [1.54, 1.807) is 0 Å². The zero-order valence-electron chi connectivity index (χ0n) is 11.8. The summed E-state index contributed by atoms with van der Waals surface area (Å²) in [7, 11) is 0. The highest BCUT2D eigenvalue weighted by Gasteiger charge is 2.12. The Hall–Kier alpha value is -1.92. The van der Waals surface area contributed by atoms with E-state index in [2.05, 4.69) is 27.3 Å².